The van der Waals surface area contributed by atoms with E-state index in [1.807, 2.05) is 12.1 Å². The highest BCUT2D eigenvalue weighted by atomic mass is 16.7. The fourth-order valence-electron chi connectivity index (χ4n) is 0.369. The molecule has 2 N–H and O–H groups in total. The second kappa shape index (κ2) is 7.61. The highest BCUT2D eigenvalue weighted by Crippen LogP contribution is 2.13. The molecule has 0 spiro atoms. The number of rotatable bonds is 2. The number of carboxylic acid groups (broad SMARTS) is 2. The summed E-state index contributed by atoms with van der Waals surface area (Å²) in [5, 5.41) is 39.6. The molecule has 9 nitrogen and oxygen atoms in total. The molecule has 0 saturated heterocycles. The smallest absolute Gasteiger partial charge is 0.449 e. The predicted molar refractivity (Wildman–Crippen MR) is 61.4 cm³/mol. The van der Waals surface area contributed by atoms with Gasteiger partial charge in [-0.05, 0) is 27.7 Å². The Bertz CT molecular complexity index is 402. The third-order valence-electron chi connectivity index (χ3n) is 1.27. The first-order valence-corrected chi connectivity index (χ1v) is 4.86. The van der Waals surface area contributed by atoms with Crippen molar-refractivity contribution in [3.05, 3.63) is 0 Å². The number of carbonyl (C=O) groups is 2. The number of hydrogen-bond donors (Lipinski definition) is 2. The van der Waals surface area contributed by atoms with Crippen LogP contribution in [0.5, 0.6) is 0 Å². The van der Waals surface area contributed by atoms with Crippen LogP contribution in [0.3, 0.4) is 0 Å². The summed E-state index contributed by atoms with van der Waals surface area (Å²) in [6.45, 7) is 6.57. The molecule has 0 aliphatic heterocycles. The van der Waals surface area contributed by atoms with Crippen LogP contribution in [0.15, 0.2) is 10.2 Å². The van der Waals surface area contributed by atoms with Gasteiger partial charge in [0.1, 0.15) is 0 Å². The van der Waals surface area contributed by atoms with Crippen LogP contribution in [-0.4, -0.2) is 33.6 Å². The maximum Gasteiger partial charge on any atom is 0.516 e. The van der Waals surface area contributed by atoms with Crippen LogP contribution in [0.2, 0.25) is 0 Å². The Hall–Kier alpha value is -2.68. The van der Waals surface area contributed by atoms with E-state index in [0.29, 0.717) is 0 Å². The molecule has 0 aromatic carbocycles. The average molecular weight is 270 g/mol. The Morgan fingerprint density at radius 1 is 0.947 bits per heavy atom. The molecule has 0 aliphatic carbocycles. The molecule has 0 bridgehead atoms. The average Bonchev–Trinajstić information content (AvgIpc) is 2.26. The van der Waals surface area contributed by atoms with Crippen LogP contribution in [0.25, 0.3) is 0 Å². The fraction of sp³-hybridized carbons (Fsp3) is 0.600. The van der Waals surface area contributed by atoms with Gasteiger partial charge in [0, 0.05) is 0 Å². The van der Waals surface area contributed by atoms with Crippen molar-refractivity contribution < 1.29 is 24.5 Å². The molecule has 104 valence electrons. The topological polar surface area (TPSA) is 156 Å². The maximum absolute atomic E-state index is 9.21. The molecule has 0 unspecified atom stereocenters. The van der Waals surface area contributed by atoms with Crippen LogP contribution < -0.4 is 0 Å². The Balaban J connectivity index is 0. The molecule has 9 heteroatoms. The molecule has 0 aliphatic rings. The van der Waals surface area contributed by atoms with E-state index in [1.54, 1.807) is 27.7 Å². The van der Waals surface area contributed by atoms with Crippen LogP contribution in [0.4, 0.5) is 9.59 Å². The molecular weight excluding hydrogens is 256 g/mol. The number of azo groups is 1. The van der Waals surface area contributed by atoms with Crippen molar-refractivity contribution in [3.63, 3.8) is 0 Å². The van der Waals surface area contributed by atoms with Gasteiger partial charge in [-0.3, -0.25) is 0 Å². The summed E-state index contributed by atoms with van der Waals surface area (Å²) < 4.78 is 3.08. The lowest BCUT2D eigenvalue weighted by Gasteiger charge is -2.11. The molecule has 0 saturated carbocycles. The SMILES string of the molecule is CC(C)(C#N)N=NC(C)(C)C#N.O=C(O)OC(=O)O. The Morgan fingerprint density at radius 2 is 1.21 bits per heavy atom. The van der Waals surface area contributed by atoms with Gasteiger partial charge in [0.15, 0.2) is 11.1 Å². The van der Waals surface area contributed by atoms with Crippen LogP contribution in [0.1, 0.15) is 27.7 Å². The van der Waals surface area contributed by atoms with Gasteiger partial charge in [0.25, 0.3) is 0 Å². The largest absolute Gasteiger partial charge is 0.516 e. The van der Waals surface area contributed by atoms with Gasteiger partial charge in [0.05, 0.1) is 12.1 Å². The monoisotopic (exact) mass is 270 g/mol. The molecule has 0 amide bonds. The van der Waals surface area contributed by atoms with E-state index in [4.69, 9.17) is 20.7 Å². The van der Waals surface area contributed by atoms with Crippen LogP contribution >= 0.6 is 0 Å². The number of hydrogen-bond acceptors (Lipinski definition) is 7. The Kier molecular flexibility index (Phi) is 7.48. The minimum atomic E-state index is -1.81. The molecule has 0 aromatic heterocycles. The summed E-state index contributed by atoms with van der Waals surface area (Å²) in [5.74, 6) is 0. The van der Waals surface area contributed by atoms with Crippen molar-refractivity contribution >= 4 is 12.3 Å². The molecule has 0 rings (SSSR count). The van der Waals surface area contributed by atoms with Gasteiger partial charge in [0.2, 0.25) is 0 Å². The zero-order chi connectivity index (χ0) is 15.7. The molecular formula is C10H14N4O5. The van der Waals surface area contributed by atoms with Crippen molar-refractivity contribution in [2.24, 2.45) is 10.2 Å². The molecule has 0 radical (unpaired) electrons. The maximum atomic E-state index is 9.21. The molecule has 0 aromatic rings. The van der Waals surface area contributed by atoms with Crippen molar-refractivity contribution in [2.75, 3.05) is 0 Å². The summed E-state index contributed by atoms with van der Waals surface area (Å²) in [6, 6.07) is 3.94. The van der Waals surface area contributed by atoms with Gasteiger partial charge in [-0.1, -0.05) is 0 Å². The first-order chi connectivity index (χ1) is 8.45. The highest BCUT2D eigenvalue weighted by Gasteiger charge is 2.19. The summed E-state index contributed by atoms with van der Waals surface area (Å²) in [7, 11) is 0. The molecule has 19 heavy (non-hydrogen) atoms. The number of nitrogens with zero attached hydrogens (tertiary/aromatic N) is 4. The van der Waals surface area contributed by atoms with Crippen molar-refractivity contribution in [1.82, 2.24) is 0 Å². The second-order valence-corrected chi connectivity index (χ2v) is 4.18. The van der Waals surface area contributed by atoms with E-state index in [9.17, 15) is 9.59 Å². The first kappa shape index (κ1) is 18.7. The van der Waals surface area contributed by atoms with Gasteiger partial charge in [-0.2, -0.15) is 20.8 Å². The minimum absolute atomic E-state index is 0.839. The van der Waals surface area contributed by atoms with E-state index >= 15 is 0 Å². The number of nitriles is 2. The van der Waals surface area contributed by atoms with E-state index in [0.717, 1.165) is 0 Å². The van der Waals surface area contributed by atoms with E-state index < -0.39 is 23.4 Å². The zero-order valence-electron chi connectivity index (χ0n) is 10.9. The van der Waals surface area contributed by atoms with Crippen molar-refractivity contribution in [2.45, 2.75) is 38.8 Å². The lowest BCUT2D eigenvalue weighted by molar-refractivity contribution is 0.0802. The quantitative estimate of drug-likeness (QED) is 0.443. The van der Waals surface area contributed by atoms with Gasteiger partial charge < -0.3 is 14.9 Å². The summed E-state index contributed by atoms with van der Waals surface area (Å²) >= 11 is 0. The minimum Gasteiger partial charge on any atom is -0.449 e. The lowest BCUT2D eigenvalue weighted by Crippen LogP contribution is -2.17. The lowest BCUT2D eigenvalue weighted by atomic mass is 10.1. The third kappa shape index (κ3) is 13.3. The van der Waals surface area contributed by atoms with Gasteiger partial charge in [-0.15, -0.1) is 0 Å². The van der Waals surface area contributed by atoms with E-state index in [2.05, 4.69) is 15.0 Å². The Morgan fingerprint density at radius 3 is 1.32 bits per heavy atom. The first-order valence-electron chi connectivity index (χ1n) is 4.86. The summed E-state index contributed by atoms with van der Waals surface area (Å²) in [6.07, 6.45) is -3.62. The fourth-order valence-corrected chi connectivity index (χ4v) is 0.369. The molecule has 0 heterocycles. The summed E-state index contributed by atoms with van der Waals surface area (Å²) in [4.78, 5) is 18.4. The third-order valence-corrected chi connectivity index (χ3v) is 1.27. The zero-order valence-corrected chi connectivity index (χ0v) is 10.9. The van der Waals surface area contributed by atoms with E-state index in [1.165, 1.54) is 0 Å². The second-order valence-electron chi connectivity index (χ2n) is 4.18. The van der Waals surface area contributed by atoms with Crippen LogP contribution in [0, 0.1) is 22.7 Å². The predicted octanol–water partition coefficient (Wildman–Crippen LogP) is 2.40. The van der Waals surface area contributed by atoms with Gasteiger partial charge in [-0.25, -0.2) is 9.59 Å². The summed E-state index contributed by atoms with van der Waals surface area (Å²) in [5.41, 5.74) is -1.68. The van der Waals surface area contributed by atoms with E-state index in [-0.39, 0.29) is 0 Å². The highest BCUT2D eigenvalue weighted by molar-refractivity contribution is 5.74. The van der Waals surface area contributed by atoms with Gasteiger partial charge >= 0.3 is 12.3 Å². The molecule has 0 atom stereocenters. The molecule has 0 fully saturated rings. The number of ether oxygens (including phenoxy) is 1. The normalized spacial score (nSPS) is 10.6. The Labute approximate surface area is 109 Å². The standard InChI is InChI=1S/C8H12N4.C2H2O5/c1-7(2,5-9)11-12-8(3,4)6-10;3-1(4)7-2(5)6/h1-4H3;(H,3,4)(H,5,6). The van der Waals surface area contributed by atoms with Crippen molar-refractivity contribution in [3.8, 4) is 12.1 Å². The van der Waals surface area contributed by atoms with Crippen LogP contribution in [-0.2, 0) is 4.74 Å². The van der Waals surface area contributed by atoms with Crippen molar-refractivity contribution in [1.29, 1.82) is 10.5 Å².